The van der Waals surface area contributed by atoms with E-state index in [1.165, 1.54) is 0 Å². The quantitative estimate of drug-likeness (QED) is 0.657. The second-order valence-corrected chi connectivity index (χ2v) is 5.88. The Bertz CT molecular complexity index is 940. The van der Waals surface area contributed by atoms with Gasteiger partial charge in [0.25, 0.3) is 11.8 Å². The standard InChI is InChI=1S/C22H20N2O4/c1-23-22(26)16-6-5-7-17(14-16)24-21(25)15-27-18-10-12-20(13-11-18)28-19-8-3-2-4-9-19/h2-14H,15H2,1H3,(H,23,26)(H,24,25). The van der Waals surface area contributed by atoms with Crippen molar-refractivity contribution in [2.75, 3.05) is 19.0 Å². The Morgan fingerprint density at radius 3 is 2.21 bits per heavy atom. The summed E-state index contributed by atoms with van der Waals surface area (Å²) in [5.41, 5.74) is 0.997. The molecule has 0 unspecified atom stereocenters. The molecule has 28 heavy (non-hydrogen) atoms. The smallest absolute Gasteiger partial charge is 0.262 e. The van der Waals surface area contributed by atoms with Crippen LogP contribution in [0.4, 0.5) is 5.69 Å². The molecular formula is C22H20N2O4. The molecule has 0 atom stereocenters. The highest BCUT2D eigenvalue weighted by atomic mass is 16.5. The molecule has 0 aliphatic rings. The molecule has 142 valence electrons. The van der Waals surface area contributed by atoms with E-state index in [9.17, 15) is 9.59 Å². The largest absolute Gasteiger partial charge is 0.484 e. The molecule has 0 aromatic heterocycles. The highest BCUT2D eigenvalue weighted by Gasteiger charge is 2.07. The number of rotatable bonds is 7. The number of hydrogen-bond acceptors (Lipinski definition) is 4. The van der Waals surface area contributed by atoms with E-state index >= 15 is 0 Å². The van der Waals surface area contributed by atoms with E-state index in [-0.39, 0.29) is 18.4 Å². The topological polar surface area (TPSA) is 76.7 Å². The van der Waals surface area contributed by atoms with Gasteiger partial charge < -0.3 is 20.1 Å². The van der Waals surface area contributed by atoms with Crippen LogP contribution in [-0.4, -0.2) is 25.5 Å². The third-order valence-electron chi connectivity index (χ3n) is 3.81. The van der Waals surface area contributed by atoms with Crippen molar-refractivity contribution < 1.29 is 19.1 Å². The number of ether oxygens (including phenoxy) is 2. The van der Waals surface area contributed by atoms with Gasteiger partial charge in [-0.15, -0.1) is 0 Å². The van der Waals surface area contributed by atoms with Crippen LogP contribution in [-0.2, 0) is 4.79 Å². The van der Waals surface area contributed by atoms with E-state index in [1.807, 2.05) is 30.3 Å². The van der Waals surface area contributed by atoms with Gasteiger partial charge in [0, 0.05) is 18.3 Å². The highest BCUT2D eigenvalue weighted by Crippen LogP contribution is 2.23. The van der Waals surface area contributed by atoms with E-state index in [0.717, 1.165) is 5.75 Å². The van der Waals surface area contributed by atoms with Crippen LogP contribution in [0.25, 0.3) is 0 Å². The van der Waals surface area contributed by atoms with Crippen molar-refractivity contribution in [3.8, 4) is 17.2 Å². The van der Waals surface area contributed by atoms with Gasteiger partial charge in [-0.05, 0) is 54.6 Å². The third kappa shape index (κ3) is 5.35. The van der Waals surface area contributed by atoms with E-state index in [1.54, 1.807) is 55.6 Å². The number of carbonyl (C=O) groups excluding carboxylic acids is 2. The second kappa shape index (κ2) is 9.23. The normalized spacial score (nSPS) is 10.0. The highest BCUT2D eigenvalue weighted by molar-refractivity contribution is 5.97. The predicted molar refractivity (Wildman–Crippen MR) is 107 cm³/mol. The van der Waals surface area contributed by atoms with E-state index in [2.05, 4.69) is 10.6 Å². The van der Waals surface area contributed by atoms with Gasteiger partial charge in [-0.25, -0.2) is 0 Å². The van der Waals surface area contributed by atoms with Crippen molar-refractivity contribution in [3.63, 3.8) is 0 Å². The lowest BCUT2D eigenvalue weighted by Gasteiger charge is -2.10. The first-order valence-corrected chi connectivity index (χ1v) is 8.72. The summed E-state index contributed by atoms with van der Waals surface area (Å²) in [4.78, 5) is 23.7. The Hall–Kier alpha value is -3.80. The Morgan fingerprint density at radius 1 is 0.821 bits per heavy atom. The molecule has 6 heteroatoms. The average molecular weight is 376 g/mol. The van der Waals surface area contributed by atoms with Crippen molar-refractivity contribution >= 4 is 17.5 Å². The van der Waals surface area contributed by atoms with Crippen LogP contribution in [0.1, 0.15) is 10.4 Å². The number of amides is 2. The van der Waals surface area contributed by atoms with Crippen molar-refractivity contribution in [2.45, 2.75) is 0 Å². The minimum absolute atomic E-state index is 0.150. The number of anilines is 1. The first kappa shape index (κ1) is 19.0. The minimum atomic E-state index is -0.321. The van der Waals surface area contributed by atoms with Crippen molar-refractivity contribution in [1.82, 2.24) is 5.32 Å². The number of benzene rings is 3. The second-order valence-electron chi connectivity index (χ2n) is 5.88. The fourth-order valence-electron chi connectivity index (χ4n) is 2.46. The summed E-state index contributed by atoms with van der Waals surface area (Å²) in [7, 11) is 1.55. The lowest BCUT2D eigenvalue weighted by atomic mass is 10.2. The van der Waals surface area contributed by atoms with Crippen LogP contribution in [0.2, 0.25) is 0 Å². The number of para-hydroxylation sites is 1. The molecule has 2 N–H and O–H groups in total. The van der Waals surface area contributed by atoms with Crippen molar-refractivity contribution in [1.29, 1.82) is 0 Å². The molecule has 0 aliphatic heterocycles. The van der Waals surface area contributed by atoms with Crippen LogP contribution in [0.5, 0.6) is 17.2 Å². The summed E-state index contributed by atoms with van der Waals surface area (Å²) < 4.78 is 11.2. The zero-order chi connectivity index (χ0) is 19.8. The molecule has 0 aliphatic carbocycles. The average Bonchev–Trinajstić information content (AvgIpc) is 2.73. The fraction of sp³-hybridized carbons (Fsp3) is 0.0909. The van der Waals surface area contributed by atoms with Gasteiger partial charge >= 0.3 is 0 Å². The predicted octanol–water partition coefficient (Wildman–Crippen LogP) is 3.86. The molecule has 6 nitrogen and oxygen atoms in total. The summed E-state index contributed by atoms with van der Waals surface area (Å²) in [6.45, 7) is -0.150. The van der Waals surface area contributed by atoms with Gasteiger partial charge in [-0.1, -0.05) is 24.3 Å². The molecule has 0 spiro atoms. The van der Waals surface area contributed by atoms with Gasteiger partial charge in [0.05, 0.1) is 0 Å². The molecule has 3 rings (SSSR count). The molecule has 2 amide bonds. The molecule has 0 heterocycles. The Kier molecular flexibility index (Phi) is 6.25. The molecule has 0 radical (unpaired) electrons. The van der Waals surface area contributed by atoms with Gasteiger partial charge in [-0.2, -0.15) is 0 Å². The van der Waals surface area contributed by atoms with Crippen molar-refractivity contribution in [2.24, 2.45) is 0 Å². The maximum absolute atomic E-state index is 12.1. The van der Waals surface area contributed by atoms with Gasteiger partial charge in [-0.3, -0.25) is 9.59 Å². The fourth-order valence-corrected chi connectivity index (χ4v) is 2.46. The lowest BCUT2D eigenvalue weighted by molar-refractivity contribution is -0.118. The summed E-state index contributed by atoms with van der Waals surface area (Å²) in [5.74, 6) is 1.43. The molecule has 0 fully saturated rings. The summed E-state index contributed by atoms with van der Waals surface area (Å²) in [6.07, 6.45) is 0. The van der Waals surface area contributed by atoms with Crippen LogP contribution >= 0.6 is 0 Å². The molecular weight excluding hydrogens is 356 g/mol. The van der Waals surface area contributed by atoms with E-state index < -0.39 is 0 Å². The maximum Gasteiger partial charge on any atom is 0.262 e. The monoisotopic (exact) mass is 376 g/mol. The molecule has 0 saturated carbocycles. The number of hydrogen-bond donors (Lipinski definition) is 2. The van der Waals surface area contributed by atoms with Crippen molar-refractivity contribution in [3.05, 3.63) is 84.4 Å². The minimum Gasteiger partial charge on any atom is -0.484 e. The van der Waals surface area contributed by atoms with Crippen LogP contribution in [0.3, 0.4) is 0 Å². The van der Waals surface area contributed by atoms with Crippen LogP contribution < -0.4 is 20.1 Å². The maximum atomic E-state index is 12.1. The van der Waals surface area contributed by atoms with Crippen LogP contribution in [0, 0.1) is 0 Å². The zero-order valence-electron chi connectivity index (χ0n) is 15.3. The molecule has 3 aromatic rings. The van der Waals surface area contributed by atoms with Gasteiger partial charge in [0.1, 0.15) is 17.2 Å². The first-order valence-electron chi connectivity index (χ1n) is 8.72. The summed E-state index contributed by atoms with van der Waals surface area (Å²) >= 11 is 0. The molecule has 3 aromatic carbocycles. The molecule has 0 bridgehead atoms. The Balaban J connectivity index is 1.51. The number of carbonyl (C=O) groups is 2. The summed E-state index contributed by atoms with van der Waals surface area (Å²) in [5, 5.41) is 5.25. The lowest BCUT2D eigenvalue weighted by Crippen LogP contribution is -2.21. The SMILES string of the molecule is CNC(=O)c1cccc(NC(=O)COc2ccc(Oc3ccccc3)cc2)c1. The Labute approximate surface area is 163 Å². The van der Waals surface area contributed by atoms with Gasteiger partial charge in [0.2, 0.25) is 0 Å². The number of nitrogens with one attached hydrogen (secondary N) is 2. The van der Waals surface area contributed by atoms with Gasteiger partial charge in [0.15, 0.2) is 6.61 Å². The zero-order valence-corrected chi connectivity index (χ0v) is 15.3. The van der Waals surface area contributed by atoms with Crippen LogP contribution in [0.15, 0.2) is 78.9 Å². The Morgan fingerprint density at radius 2 is 1.50 bits per heavy atom. The molecule has 0 saturated heterocycles. The third-order valence-corrected chi connectivity index (χ3v) is 3.81. The van der Waals surface area contributed by atoms with E-state index in [4.69, 9.17) is 9.47 Å². The first-order chi connectivity index (χ1) is 13.6. The summed E-state index contributed by atoms with van der Waals surface area (Å²) in [6, 6.07) is 23.1. The van der Waals surface area contributed by atoms with E-state index in [0.29, 0.717) is 22.7 Å².